The molecule has 4 aromatic rings. The summed E-state index contributed by atoms with van der Waals surface area (Å²) in [7, 11) is 0. The first kappa shape index (κ1) is 24.8. The second kappa shape index (κ2) is 9.32. The predicted octanol–water partition coefficient (Wildman–Crippen LogP) is 9.62. The zero-order chi connectivity index (χ0) is 25.9. The van der Waals surface area contributed by atoms with Crippen LogP contribution in [0.3, 0.4) is 0 Å². The molecule has 0 saturated carbocycles. The van der Waals surface area contributed by atoms with Crippen molar-refractivity contribution in [2.24, 2.45) is 11.8 Å². The second-order valence-electron chi connectivity index (χ2n) is 11.0. The van der Waals surface area contributed by atoms with E-state index in [4.69, 9.17) is 9.47 Å². The molecule has 37 heavy (non-hydrogen) atoms. The molecular weight excluding hydrogens is 588 g/mol. The average Bonchev–Trinajstić information content (AvgIpc) is 3.31. The highest BCUT2D eigenvalue weighted by atomic mass is 79.9. The van der Waals surface area contributed by atoms with E-state index in [1.54, 1.807) is 0 Å². The summed E-state index contributed by atoms with van der Waals surface area (Å²) in [4.78, 5) is 0. The van der Waals surface area contributed by atoms with Crippen LogP contribution < -0.4 is 9.47 Å². The Kier molecular flexibility index (Phi) is 6.24. The van der Waals surface area contributed by atoms with Crippen molar-refractivity contribution in [1.82, 2.24) is 0 Å². The Morgan fingerprint density at radius 3 is 1.27 bits per heavy atom. The highest BCUT2D eigenvalue weighted by Gasteiger charge is 2.52. The molecule has 0 bridgehead atoms. The predicted molar refractivity (Wildman–Crippen MR) is 159 cm³/mol. The molecular formula is C33H30Br2O2. The van der Waals surface area contributed by atoms with Crippen LogP contribution in [-0.2, 0) is 5.41 Å². The fourth-order valence-corrected chi connectivity index (χ4v) is 6.56. The molecule has 0 radical (unpaired) electrons. The number of ether oxygens (including phenoxy) is 2. The van der Waals surface area contributed by atoms with Gasteiger partial charge in [-0.15, -0.1) is 0 Å². The van der Waals surface area contributed by atoms with Crippen molar-refractivity contribution in [3.8, 4) is 33.8 Å². The minimum absolute atomic E-state index is 0.458. The molecule has 0 aliphatic heterocycles. The van der Waals surface area contributed by atoms with Crippen LogP contribution in [0.25, 0.3) is 22.3 Å². The molecule has 0 aromatic heterocycles. The standard InChI is InChI=1S/C33H30Br2O2/c1-19(2)17-36-23-7-11-27-28-12-8-24(37-18-20(3)4)16-32(28)33(31(27)15-23)29-13-21(34)5-9-25(29)26-10-6-22(35)14-30(26)33/h5-16,19-20H,17-18H2,1-4H3. The molecule has 4 heteroatoms. The van der Waals surface area contributed by atoms with E-state index in [0.29, 0.717) is 25.0 Å². The third-order valence-electron chi connectivity index (χ3n) is 7.31. The van der Waals surface area contributed by atoms with E-state index < -0.39 is 5.41 Å². The van der Waals surface area contributed by atoms with Crippen molar-refractivity contribution >= 4 is 31.9 Å². The van der Waals surface area contributed by atoms with Crippen molar-refractivity contribution in [3.63, 3.8) is 0 Å². The van der Waals surface area contributed by atoms with Gasteiger partial charge < -0.3 is 9.47 Å². The summed E-state index contributed by atoms with van der Waals surface area (Å²) in [6, 6.07) is 26.6. The fraction of sp³-hybridized carbons (Fsp3) is 0.273. The molecule has 2 aliphatic carbocycles. The van der Waals surface area contributed by atoms with E-state index >= 15 is 0 Å². The molecule has 0 unspecified atom stereocenters. The quantitative estimate of drug-likeness (QED) is 0.185. The van der Waals surface area contributed by atoms with Crippen molar-refractivity contribution in [1.29, 1.82) is 0 Å². The summed E-state index contributed by atoms with van der Waals surface area (Å²) in [6.07, 6.45) is 0. The van der Waals surface area contributed by atoms with Gasteiger partial charge in [-0.1, -0.05) is 83.8 Å². The minimum Gasteiger partial charge on any atom is -0.493 e. The highest BCUT2D eigenvalue weighted by molar-refractivity contribution is 9.10. The first-order chi connectivity index (χ1) is 17.8. The third-order valence-corrected chi connectivity index (χ3v) is 8.29. The van der Waals surface area contributed by atoms with Crippen molar-refractivity contribution < 1.29 is 9.47 Å². The SMILES string of the molecule is CC(C)COc1ccc2c(c1)C1(c3cc(Br)ccc3-c3ccc(Br)cc31)c1cc(OCC(C)C)ccc1-2. The van der Waals surface area contributed by atoms with Gasteiger partial charge in [0.2, 0.25) is 0 Å². The van der Waals surface area contributed by atoms with Crippen LogP contribution in [0.2, 0.25) is 0 Å². The minimum atomic E-state index is -0.461. The number of benzene rings is 4. The molecule has 2 aliphatic rings. The topological polar surface area (TPSA) is 18.5 Å². The van der Waals surface area contributed by atoms with Crippen molar-refractivity contribution in [2.45, 2.75) is 33.1 Å². The lowest BCUT2D eigenvalue weighted by Gasteiger charge is -2.31. The van der Waals surface area contributed by atoms with Crippen LogP contribution in [0.15, 0.2) is 81.7 Å². The molecule has 0 N–H and O–H groups in total. The van der Waals surface area contributed by atoms with Crippen LogP contribution in [0.4, 0.5) is 0 Å². The van der Waals surface area contributed by atoms with Gasteiger partial charge in [-0.25, -0.2) is 0 Å². The maximum atomic E-state index is 6.26. The van der Waals surface area contributed by atoms with Gasteiger partial charge in [0.1, 0.15) is 11.5 Å². The van der Waals surface area contributed by atoms with E-state index in [2.05, 4.69) is 132 Å². The lowest BCUT2D eigenvalue weighted by atomic mass is 9.70. The lowest BCUT2D eigenvalue weighted by molar-refractivity contribution is 0.270. The maximum absolute atomic E-state index is 6.26. The Morgan fingerprint density at radius 2 is 0.892 bits per heavy atom. The Labute approximate surface area is 236 Å². The first-order valence-electron chi connectivity index (χ1n) is 12.9. The van der Waals surface area contributed by atoms with Crippen LogP contribution in [0, 0.1) is 11.8 Å². The van der Waals surface area contributed by atoms with Crippen LogP contribution in [-0.4, -0.2) is 13.2 Å². The molecule has 0 saturated heterocycles. The third kappa shape index (κ3) is 3.95. The summed E-state index contributed by atoms with van der Waals surface area (Å²) < 4.78 is 14.7. The van der Waals surface area contributed by atoms with Crippen LogP contribution >= 0.6 is 31.9 Å². The molecule has 6 rings (SSSR count). The summed E-state index contributed by atoms with van der Waals surface area (Å²) in [5, 5.41) is 0. The fourth-order valence-electron chi connectivity index (χ4n) is 5.84. The highest BCUT2D eigenvalue weighted by Crippen LogP contribution is 2.64. The Hall–Kier alpha value is -2.56. The first-order valence-corrected chi connectivity index (χ1v) is 14.5. The van der Waals surface area contributed by atoms with Crippen molar-refractivity contribution in [3.05, 3.63) is 104 Å². The van der Waals surface area contributed by atoms with Gasteiger partial charge in [0, 0.05) is 8.95 Å². The van der Waals surface area contributed by atoms with E-state index in [9.17, 15) is 0 Å². The molecule has 188 valence electrons. The Balaban J connectivity index is 1.67. The van der Waals surface area contributed by atoms with E-state index in [0.717, 1.165) is 20.4 Å². The molecule has 0 amide bonds. The van der Waals surface area contributed by atoms with Gasteiger partial charge in [0.15, 0.2) is 0 Å². The number of halogens is 2. The monoisotopic (exact) mass is 616 g/mol. The van der Waals surface area contributed by atoms with Crippen LogP contribution in [0.5, 0.6) is 11.5 Å². The van der Waals surface area contributed by atoms with Crippen molar-refractivity contribution in [2.75, 3.05) is 13.2 Å². The second-order valence-corrected chi connectivity index (χ2v) is 12.8. The van der Waals surface area contributed by atoms with Gasteiger partial charge in [0.05, 0.1) is 18.6 Å². The summed E-state index contributed by atoms with van der Waals surface area (Å²) >= 11 is 7.57. The van der Waals surface area contributed by atoms with Crippen LogP contribution in [0.1, 0.15) is 49.9 Å². The van der Waals surface area contributed by atoms with E-state index in [-0.39, 0.29) is 0 Å². The number of rotatable bonds is 6. The van der Waals surface area contributed by atoms with Gasteiger partial charge in [-0.3, -0.25) is 0 Å². The van der Waals surface area contributed by atoms with Gasteiger partial charge >= 0.3 is 0 Å². The number of hydrogen-bond acceptors (Lipinski definition) is 2. The van der Waals surface area contributed by atoms with E-state index in [1.807, 2.05) is 0 Å². The molecule has 4 aromatic carbocycles. The number of hydrogen-bond donors (Lipinski definition) is 0. The average molecular weight is 618 g/mol. The maximum Gasteiger partial charge on any atom is 0.119 e. The summed E-state index contributed by atoms with van der Waals surface area (Å²) in [5.41, 5.74) is 9.69. The molecule has 0 atom stereocenters. The summed E-state index contributed by atoms with van der Waals surface area (Å²) in [6.45, 7) is 10.1. The molecule has 2 nitrogen and oxygen atoms in total. The molecule has 0 fully saturated rings. The lowest BCUT2D eigenvalue weighted by Crippen LogP contribution is -2.26. The molecule has 1 spiro atoms. The molecule has 0 heterocycles. The zero-order valence-corrected chi connectivity index (χ0v) is 24.7. The summed E-state index contributed by atoms with van der Waals surface area (Å²) in [5.74, 6) is 2.74. The zero-order valence-electron chi connectivity index (χ0n) is 21.6. The largest absolute Gasteiger partial charge is 0.493 e. The number of fused-ring (bicyclic) bond motifs is 10. The Morgan fingerprint density at radius 1 is 0.541 bits per heavy atom. The van der Waals surface area contributed by atoms with Gasteiger partial charge in [-0.05, 0) is 105 Å². The van der Waals surface area contributed by atoms with E-state index in [1.165, 1.54) is 44.5 Å². The van der Waals surface area contributed by atoms with Gasteiger partial charge in [0.25, 0.3) is 0 Å². The smallest absolute Gasteiger partial charge is 0.119 e. The Bertz CT molecular complexity index is 1400. The van der Waals surface area contributed by atoms with Gasteiger partial charge in [-0.2, -0.15) is 0 Å². The normalized spacial score (nSPS) is 14.1.